The maximum atomic E-state index is 13.1. The second-order valence-electron chi connectivity index (χ2n) is 7.31. The lowest BCUT2D eigenvalue weighted by Gasteiger charge is -2.34. The molecule has 0 aliphatic carbocycles. The van der Waals surface area contributed by atoms with E-state index in [1.54, 1.807) is 24.3 Å². The second kappa shape index (κ2) is 11.5. The molecule has 11 heteroatoms. The van der Waals surface area contributed by atoms with Gasteiger partial charge in [-0.3, -0.25) is 9.59 Å². The van der Waals surface area contributed by atoms with Crippen molar-refractivity contribution < 1.29 is 27.5 Å². The number of benzene rings is 2. The van der Waals surface area contributed by atoms with Crippen LogP contribution < -0.4 is 15.4 Å². The summed E-state index contributed by atoms with van der Waals surface area (Å²) < 4.78 is 38.0. The zero-order valence-electron chi connectivity index (χ0n) is 18.1. The molecule has 0 bridgehead atoms. The van der Waals surface area contributed by atoms with E-state index >= 15 is 0 Å². The van der Waals surface area contributed by atoms with Crippen LogP contribution in [-0.4, -0.2) is 64.1 Å². The number of amides is 2. The van der Waals surface area contributed by atoms with Gasteiger partial charge in [-0.05, 0) is 54.8 Å². The molecule has 2 aromatic rings. The first-order valence-electron chi connectivity index (χ1n) is 10.4. The minimum atomic E-state index is -3.86. The number of carbonyl (C=O) groups excluding carboxylic acids is 2. The maximum absolute atomic E-state index is 13.1. The summed E-state index contributed by atoms with van der Waals surface area (Å²) in [5, 5.41) is 5.62. The van der Waals surface area contributed by atoms with Crippen LogP contribution in [0.5, 0.6) is 5.75 Å². The lowest BCUT2D eigenvalue weighted by molar-refractivity contribution is -0.140. The number of sulfonamides is 1. The molecule has 33 heavy (non-hydrogen) atoms. The highest BCUT2D eigenvalue weighted by atomic mass is 35.5. The Bertz CT molecular complexity index is 1060. The summed E-state index contributed by atoms with van der Waals surface area (Å²) >= 11 is 5.84. The third-order valence-electron chi connectivity index (χ3n) is 5.08. The van der Waals surface area contributed by atoms with E-state index in [9.17, 15) is 18.0 Å². The Morgan fingerprint density at radius 1 is 1.09 bits per heavy atom. The Morgan fingerprint density at radius 2 is 1.76 bits per heavy atom. The zero-order valence-corrected chi connectivity index (χ0v) is 19.7. The molecule has 2 amide bonds. The van der Waals surface area contributed by atoms with Crippen LogP contribution in [0.2, 0.25) is 5.02 Å². The predicted octanol–water partition coefficient (Wildman–Crippen LogP) is 1.56. The maximum Gasteiger partial charge on any atom is 0.309 e. The number of hydrogen-bond acceptors (Lipinski definition) is 6. The topological polar surface area (TPSA) is 114 Å². The van der Waals surface area contributed by atoms with Crippen molar-refractivity contribution in [3.05, 3.63) is 59.1 Å². The lowest BCUT2D eigenvalue weighted by atomic mass is 10.1. The van der Waals surface area contributed by atoms with Gasteiger partial charge in [-0.15, -0.1) is 0 Å². The number of ether oxygens (including phenoxy) is 2. The minimum Gasteiger partial charge on any atom is -0.497 e. The summed E-state index contributed by atoms with van der Waals surface area (Å²) in [5.74, 6) is -1.12. The first-order chi connectivity index (χ1) is 15.8. The van der Waals surface area contributed by atoms with Crippen LogP contribution in [0, 0.1) is 0 Å². The van der Waals surface area contributed by atoms with Gasteiger partial charge in [-0.1, -0.05) is 23.7 Å². The van der Waals surface area contributed by atoms with Crippen LogP contribution in [0.4, 0.5) is 0 Å². The molecule has 0 unspecified atom stereocenters. The summed E-state index contributed by atoms with van der Waals surface area (Å²) in [6.45, 7) is 0.704. The van der Waals surface area contributed by atoms with E-state index in [0.29, 0.717) is 30.2 Å². The molecule has 1 fully saturated rings. The molecule has 9 nitrogen and oxygen atoms in total. The fraction of sp³-hybridized carbons (Fsp3) is 0.364. The molecule has 0 aromatic heterocycles. The van der Waals surface area contributed by atoms with E-state index in [2.05, 4.69) is 10.6 Å². The van der Waals surface area contributed by atoms with E-state index in [4.69, 9.17) is 21.1 Å². The van der Waals surface area contributed by atoms with Gasteiger partial charge < -0.3 is 20.1 Å². The van der Waals surface area contributed by atoms with Gasteiger partial charge in [0.2, 0.25) is 10.0 Å². The van der Waals surface area contributed by atoms with Gasteiger partial charge >= 0.3 is 11.8 Å². The molecular formula is C22H26ClN3O6S. The molecule has 3 rings (SSSR count). The third-order valence-corrected chi connectivity index (χ3v) is 7.23. The van der Waals surface area contributed by atoms with Crippen LogP contribution in [-0.2, 0) is 30.8 Å². The summed E-state index contributed by atoms with van der Waals surface area (Å²) in [5.41, 5.74) is 0.968. The highest BCUT2D eigenvalue weighted by molar-refractivity contribution is 7.89. The van der Waals surface area contributed by atoms with Crippen molar-refractivity contribution in [2.75, 3.05) is 33.4 Å². The van der Waals surface area contributed by atoms with Crippen LogP contribution in [0.3, 0.4) is 0 Å². The molecule has 2 aromatic carbocycles. The van der Waals surface area contributed by atoms with Crippen LogP contribution in [0.1, 0.15) is 12.0 Å². The molecule has 1 aliphatic rings. The van der Waals surface area contributed by atoms with Gasteiger partial charge in [-0.2, -0.15) is 4.31 Å². The van der Waals surface area contributed by atoms with Crippen LogP contribution in [0.25, 0.3) is 0 Å². The van der Waals surface area contributed by atoms with Gasteiger partial charge in [0.1, 0.15) is 12.0 Å². The second-order valence-corrected chi connectivity index (χ2v) is 9.64. The van der Waals surface area contributed by atoms with E-state index in [-0.39, 0.29) is 24.5 Å². The van der Waals surface area contributed by atoms with E-state index in [1.807, 2.05) is 12.1 Å². The average Bonchev–Trinajstić information content (AvgIpc) is 2.83. The molecule has 0 spiro atoms. The van der Waals surface area contributed by atoms with Crippen molar-refractivity contribution in [3.63, 3.8) is 0 Å². The molecular weight excluding hydrogens is 470 g/mol. The summed E-state index contributed by atoms with van der Waals surface area (Å²) in [6.07, 6.45) is 0.137. The van der Waals surface area contributed by atoms with Crippen LogP contribution in [0.15, 0.2) is 53.4 Å². The number of carbonyl (C=O) groups is 2. The first kappa shape index (κ1) is 25.0. The Kier molecular flexibility index (Phi) is 8.67. The van der Waals surface area contributed by atoms with Crippen molar-refractivity contribution in [2.45, 2.75) is 24.0 Å². The molecule has 1 atom stereocenters. The molecule has 2 N–H and O–H groups in total. The Labute approximate surface area is 198 Å². The smallest absolute Gasteiger partial charge is 0.309 e. The molecule has 1 saturated heterocycles. The lowest BCUT2D eigenvalue weighted by Crippen LogP contribution is -2.53. The van der Waals surface area contributed by atoms with Crippen molar-refractivity contribution in [1.29, 1.82) is 0 Å². The molecule has 178 valence electrons. The fourth-order valence-corrected chi connectivity index (χ4v) is 4.99. The Morgan fingerprint density at radius 3 is 2.42 bits per heavy atom. The Balaban J connectivity index is 1.53. The SMILES string of the molecule is COc1ccc(S(=O)(=O)N2CCCO[C@H]2CNC(=O)C(=O)NCCc2ccc(Cl)cc2)cc1. The number of methoxy groups -OCH3 is 1. The van der Waals surface area contributed by atoms with Gasteiger partial charge in [-0.25, -0.2) is 8.42 Å². The fourth-order valence-electron chi connectivity index (χ4n) is 3.30. The number of halogens is 1. The normalized spacial score (nSPS) is 16.7. The van der Waals surface area contributed by atoms with E-state index < -0.39 is 28.1 Å². The molecule has 1 heterocycles. The van der Waals surface area contributed by atoms with E-state index in [0.717, 1.165) is 5.56 Å². The number of nitrogens with one attached hydrogen (secondary N) is 2. The summed E-state index contributed by atoms with van der Waals surface area (Å²) in [7, 11) is -2.37. The summed E-state index contributed by atoms with van der Waals surface area (Å²) in [6, 6.07) is 13.2. The quantitative estimate of drug-likeness (QED) is 0.537. The zero-order chi connectivity index (χ0) is 23.8. The monoisotopic (exact) mass is 495 g/mol. The van der Waals surface area contributed by atoms with Crippen molar-refractivity contribution in [1.82, 2.24) is 14.9 Å². The van der Waals surface area contributed by atoms with Crippen molar-refractivity contribution in [2.24, 2.45) is 0 Å². The number of nitrogens with zero attached hydrogens (tertiary/aromatic N) is 1. The minimum absolute atomic E-state index is 0.0880. The highest BCUT2D eigenvalue weighted by Gasteiger charge is 2.35. The standard InChI is InChI=1S/C22H26ClN3O6S/c1-31-18-7-9-19(10-8-18)33(29,30)26-13-2-14-32-20(26)15-25-22(28)21(27)24-12-11-16-3-5-17(23)6-4-16/h3-10,20H,2,11-15H2,1H3,(H,24,27)(H,25,28)/t20-/m0/s1. The van der Waals surface area contributed by atoms with Crippen molar-refractivity contribution in [3.8, 4) is 5.75 Å². The van der Waals surface area contributed by atoms with Gasteiger partial charge in [0, 0.05) is 18.1 Å². The molecule has 0 saturated carbocycles. The number of hydrogen-bond donors (Lipinski definition) is 2. The van der Waals surface area contributed by atoms with Gasteiger partial charge in [0.05, 0.1) is 25.2 Å². The molecule has 1 aliphatic heterocycles. The highest BCUT2D eigenvalue weighted by Crippen LogP contribution is 2.23. The molecule has 0 radical (unpaired) electrons. The van der Waals surface area contributed by atoms with Crippen LogP contribution >= 0.6 is 11.6 Å². The predicted molar refractivity (Wildman–Crippen MR) is 122 cm³/mol. The largest absolute Gasteiger partial charge is 0.497 e. The van der Waals surface area contributed by atoms with Crippen molar-refractivity contribution >= 4 is 33.4 Å². The van der Waals surface area contributed by atoms with Gasteiger partial charge in [0.25, 0.3) is 0 Å². The van der Waals surface area contributed by atoms with E-state index in [1.165, 1.54) is 23.5 Å². The summed E-state index contributed by atoms with van der Waals surface area (Å²) in [4.78, 5) is 24.4. The average molecular weight is 496 g/mol. The third kappa shape index (κ3) is 6.67. The van der Waals surface area contributed by atoms with Gasteiger partial charge in [0.15, 0.2) is 0 Å². The number of rotatable bonds is 8. The first-order valence-corrected chi connectivity index (χ1v) is 12.2. The Hall–Kier alpha value is -2.66.